The lowest BCUT2D eigenvalue weighted by molar-refractivity contribution is 0.0945. The molecule has 2 unspecified atom stereocenters. The average Bonchev–Trinajstić information content (AvgIpc) is 3.04. The van der Waals surface area contributed by atoms with E-state index < -0.39 is 0 Å². The van der Waals surface area contributed by atoms with Crippen molar-refractivity contribution < 1.29 is 4.79 Å². The highest BCUT2D eigenvalue weighted by atomic mass is 16.1. The van der Waals surface area contributed by atoms with Gasteiger partial charge in [0.2, 0.25) is 0 Å². The molecule has 0 bridgehead atoms. The van der Waals surface area contributed by atoms with Crippen LogP contribution >= 0.6 is 0 Å². The average molecular weight is 234 g/mol. The summed E-state index contributed by atoms with van der Waals surface area (Å²) in [7, 11) is 0. The summed E-state index contributed by atoms with van der Waals surface area (Å²) in [5.41, 5.74) is 0.375. The van der Waals surface area contributed by atoms with Crippen LogP contribution in [0.2, 0.25) is 0 Å². The van der Waals surface area contributed by atoms with E-state index >= 15 is 0 Å². The van der Waals surface area contributed by atoms with Crippen LogP contribution in [0.3, 0.4) is 0 Å². The minimum Gasteiger partial charge on any atom is -0.369 e. The molecule has 2 N–H and O–H groups in total. The number of anilines is 1. The molecule has 2 rings (SSSR count). The third kappa shape index (κ3) is 3.15. The Hall–Kier alpha value is -1.65. The van der Waals surface area contributed by atoms with Crippen LogP contribution in [0.1, 0.15) is 30.8 Å². The number of carbonyl (C=O) groups excluding carboxylic acids is 1. The second kappa shape index (κ2) is 5.12. The van der Waals surface area contributed by atoms with Crippen molar-refractivity contribution >= 4 is 11.7 Å². The van der Waals surface area contributed by atoms with E-state index in [1.54, 1.807) is 12.1 Å². The van der Waals surface area contributed by atoms with Gasteiger partial charge in [-0.05, 0) is 37.3 Å². The predicted molar refractivity (Wildman–Crippen MR) is 65.8 cm³/mol. The summed E-state index contributed by atoms with van der Waals surface area (Å²) < 4.78 is 0. The van der Waals surface area contributed by atoms with E-state index in [4.69, 9.17) is 0 Å². The van der Waals surface area contributed by atoms with Gasteiger partial charge in [0, 0.05) is 13.1 Å². The molecule has 0 saturated heterocycles. The van der Waals surface area contributed by atoms with E-state index in [1.807, 2.05) is 6.92 Å². The summed E-state index contributed by atoms with van der Waals surface area (Å²) in [6.07, 6.45) is 1.21. The van der Waals surface area contributed by atoms with E-state index in [-0.39, 0.29) is 5.91 Å². The molecule has 1 saturated carbocycles. The smallest absolute Gasteiger partial charge is 0.271 e. The topological polar surface area (TPSA) is 66.9 Å². The number of nitrogens with one attached hydrogen (secondary N) is 2. The molecule has 92 valence electrons. The maximum absolute atomic E-state index is 11.7. The second-order valence-electron chi connectivity index (χ2n) is 4.52. The van der Waals surface area contributed by atoms with E-state index in [0.29, 0.717) is 17.4 Å². The highest BCUT2D eigenvalue weighted by molar-refractivity contribution is 5.92. The summed E-state index contributed by atoms with van der Waals surface area (Å²) in [4.78, 5) is 11.7. The fourth-order valence-electron chi connectivity index (χ4n) is 1.73. The predicted octanol–water partition coefficient (Wildman–Crippen LogP) is 1.29. The molecule has 1 aromatic rings. The van der Waals surface area contributed by atoms with Crippen molar-refractivity contribution in [2.75, 3.05) is 18.4 Å². The Labute approximate surface area is 101 Å². The molecule has 0 radical (unpaired) electrons. The zero-order valence-corrected chi connectivity index (χ0v) is 10.2. The Kier molecular flexibility index (Phi) is 3.56. The molecule has 1 aliphatic carbocycles. The second-order valence-corrected chi connectivity index (χ2v) is 4.52. The third-order valence-corrected chi connectivity index (χ3v) is 3.06. The Balaban J connectivity index is 1.85. The van der Waals surface area contributed by atoms with E-state index in [9.17, 15) is 4.79 Å². The summed E-state index contributed by atoms with van der Waals surface area (Å²) in [5.74, 6) is 1.95. The first-order valence-corrected chi connectivity index (χ1v) is 6.06. The number of nitrogens with zero attached hydrogens (tertiary/aromatic N) is 2. The van der Waals surface area contributed by atoms with Gasteiger partial charge in [0.15, 0.2) is 5.69 Å². The van der Waals surface area contributed by atoms with Gasteiger partial charge in [0.25, 0.3) is 5.91 Å². The molecule has 5 heteroatoms. The van der Waals surface area contributed by atoms with Crippen LogP contribution in [-0.2, 0) is 0 Å². The van der Waals surface area contributed by atoms with Gasteiger partial charge in [-0.25, -0.2) is 0 Å². The van der Waals surface area contributed by atoms with Gasteiger partial charge in [-0.3, -0.25) is 4.79 Å². The molecule has 17 heavy (non-hydrogen) atoms. The summed E-state index contributed by atoms with van der Waals surface area (Å²) in [6.45, 7) is 5.72. The normalized spacial score (nSPS) is 22.0. The van der Waals surface area contributed by atoms with Crippen LogP contribution in [0, 0.1) is 11.8 Å². The Morgan fingerprint density at radius 1 is 1.47 bits per heavy atom. The highest BCUT2D eigenvalue weighted by Gasteiger charge is 2.32. The van der Waals surface area contributed by atoms with Crippen molar-refractivity contribution in [3.63, 3.8) is 0 Å². The number of amides is 1. The van der Waals surface area contributed by atoms with Crippen molar-refractivity contribution in [3.05, 3.63) is 17.8 Å². The fraction of sp³-hybridized carbons (Fsp3) is 0.583. The number of aromatic nitrogens is 2. The van der Waals surface area contributed by atoms with Gasteiger partial charge in [-0.1, -0.05) is 6.92 Å². The first-order chi connectivity index (χ1) is 8.20. The van der Waals surface area contributed by atoms with Gasteiger partial charge in [0.1, 0.15) is 5.82 Å². The largest absolute Gasteiger partial charge is 0.369 e. The lowest BCUT2D eigenvalue weighted by atomic mass is 10.3. The van der Waals surface area contributed by atoms with E-state index in [0.717, 1.165) is 19.0 Å². The summed E-state index contributed by atoms with van der Waals surface area (Å²) in [6, 6.07) is 3.46. The Morgan fingerprint density at radius 2 is 2.24 bits per heavy atom. The summed E-state index contributed by atoms with van der Waals surface area (Å²) in [5, 5.41) is 13.7. The van der Waals surface area contributed by atoms with Crippen LogP contribution in [0.15, 0.2) is 12.1 Å². The van der Waals surface area contributed by atoms with Crippen molar-refractivity contribution in [2.24, 2.45) is 11.8 Å². The lowest BCUT2D eigenvalue weighted by Gasteiger charge is -2.04. The zero-order chi connectivity index (χ0) is 12.3. The van der Waals surface area contributed by atoms with Gasteiger partial charge in [0.05, 0.1) is 0 Å². The highest BCUT2D eigenvalue weighted by Crippen LogP contribution is 2.36. The first kappa shape index (κ1) is 11.8. The van der Waals surface area contributed by atoms with Crippen LogP contribution in [0.5, 0.6) is 0 Å². The van der Waals surface area contributed by atoms with E-state index in [1.165, 1.54) is 6.42 Å². The molecule has 1 aromatic heterocycles. The Morgan fingerprint density at radius 3 is 2.76 bits per heavy atom. The zero-order valence-electron chi connectivity index (χ0n) is 10.2. The third-order valence-electron chi connectivity index (χ3n) is 3.06. The molecule has 0 aliphatic heterocycles. The lowest BCUT2D eigenvalue weighted by Crippen LogP contribution is -2.27. The van der Waals surface area contributed by atoms with Gasteiger partial charge < -0.3 is 10.6 Å². The van der Waals surface area contributed by atoms with Crippen LogP contribution in [-0.4, -0.2) is 29.2 Å². The molecule has 1 amide bonds. The monoisotopic (exact) mass is 234 g/mol. The molecule has 1 heterocycles. The number of hydrogen-bond donors (Lipinski definition) is 2. The van der Waals surface area contributed by atoms with Crippen LogP contribution in [0.25, 0.3) is 0 Å². The van der Waals surface area contributed by atoms with Gasteiger partial charge >= 0.3 is 0 Å². The minimum atomic E-state index is -0.139. The molecule has 2 atom stereocenters. The van der Waals surface area contributed by atoms with Crippen molar-refractivity contribution in [1.29, 1.82) is 0 Å². The number of hydrogen-bond acceptors (Lipinski definition) is 4. The molecular formula is C12H18N4O. The van der Waals surface area contributed by atoms with Crippen LogP contribution in [0.4, 0.5) is 5.82 Å². The molecule has 5 nitrogen and oxygen atoms in total. The quantitative estimate of drug-likeness (QED) is 0.805. The first-order valence-electron chi connectivity index (χ1n) is 6.06. The molecule has 1 aliphatic rings. The van der Waals surface area contributed by atoms with Crippen molar-refractivity contribution in [2.45, 2.75) is 20.3 Å². The van der Waals surface area contributed by atoms with E-state index in [2.05, 4.69) is 27.8 Å². The number of rotatable bonds is 5. The molecule has 0 spiro atoms. The standard InChI is InChI=1S/C12H18N4O/c1-3-13-11-5-4-10(15-16-11)12(17)14-7-9-6-8(9)2/h4-5,8-9H,3,6-7H2,1-2H3,(H,13,16)(H,14,17). The fourth-order valence-corrected chi connectivity index (χ4v) is 1.73. The van der Waals surface area contributed by atoms with Gasteiger partial charge in [-0.2, -0.15) is 0 Å². The number of carbonyl (C=O) groups is 1. The summed E-state index contributed by atoms with van der Waals surface area (Å²) >= 11 is 0. The minimum absolute atomic E-state index is 0.139. The van der Waals surface area contributed by atoms with Crippen molar-refractivity contribution in [1.82, 2.24) is 15.5 Å². The Bertz CT molecular complexity index is 390. The van der Waals surface area contributed by atoms with Gasteiger partial charge in [-0.15, -0.1) is 10.2 Å². The molecule has 0 aromatic carbocycles. The SMILES string of the molecule is CCNc1ccc(C(=O)NCC2CC2C)nn1. The maximum atomic E-state index is 11.7. The van der Waals surface area contributed by atoms with Crippen LogP contribution < -0.4 is 10.6 Å². The molecular weight excluding hydrogens is 216 g/mol. The maximum Gasteiger partial charge on any atom is 0.271 e. The van der Waals surface area contributed by atoms with Crippen molar-refractivity contribution in [3.8, 4) is 0 Å². The molecule has 1 fully saturated rings.